The van der Waals surface area contributed by atoms with Crippen molar-refractivity contribution in [3.05, 3.63) is 29.3 Å². The van der Waals surface area contributed by atoms with Gasteiger partial charge in [0.2, 0.25) is 5.91 Å². The molecule has 1 amide bonds. The van der Waals surface area contributed by atoms with Crippen LogP contribution in [-0.4, -0.2) is 5.91 Å². The molecule has 1 unspecified atom stereocenters. The minimum absolute atomic E-state index is 0.119. The van der Waals surface area contributed by atoms with E-state index in [0.29, 0.717) is 6.42 Å². The number of hydrogen-bond acceptors (Lipinski definition) is 2. The molecule has 1 aromatic rings. The SMILES string of the molecule is NC(CC1CCC1)c1ccc2c(c1)CCC(=O)N2. The molecule has 1 fully saturated rings. The monoisotopic (exact) mass is 244 g/mol. The van der Waals surface area contributed by atoms with Gasteiger partial charge in [-0.3, -0.25) is 4.79 Å². The average Bonchev–Trinajstić information content (AvgIpc) is 2.33. The van der Waals surface area contributed by atoms with Crippen molar-refractivity contribution in [2.75, 3.05) is 5.32 Å². The molecule has 0 aromatic heterocycles. The summed E-state index contributed by atoms with van der Waals surface area (Å²) in [5, 5.41) is 2.91. The van der Waals surface area contributed by atoms with Gasteiger partial charge in [0.25, 0.3) is 0 Å². The van der Waals surface area contributed by atoms with Crippen LogP contribution in [0, 0.1) is 5.92 Å². The summed E-state index contributed by atoms with van der Waals surface area (Å²) in [5.41, 5.74) is 9.69. The van der Waals surface area contributed by atoms with Gasteiger partial charge in [0.15, 0.2) is 0 Å². The number of anilines is 1. The summed E-state index contributed by atoms with van der Waals surface area (Å²) in [4.78, 5) is 11.3. The number of carbonyl (C=O) groups excluding carboxylic acids is 1. The lowest BCUT2D eigenvalue weighted by atomic mass is 9.79. The highest BCUT2D eigenvalue weighted by Crippen LogP contribution is 2.35. The number of fused-ring (bicyclic) bond motifs is 1. The van der Waals surface area contributed by atoms with Crippen molar-refractivity contribution in [1.29, 1.82) is 0 Å². The number of hydrogen-bond donors (Lipinski definition) is 2. The van der Waals surface area contributed by atoms with Crippen LogP contribution in [0.4, 0.5) is 5.69 Å². The fourth-order valence-electron chi connectivity index (χ4n) is 2.86. The highest BCUT2D eigenvalue weighted by molar-refractivity contribution is 5.93. The molecule has 18 heavy (non-hydrogen) atoms. The van der Waals surface area contributed by atoms with Crippen molar-refractivity contribution in [2.45, 2.75) is 44.6 Å². The van der Waals surface area contributed by atoms with Crippen LogP contribution in [-0.2, 0) is 11.2 Å². The molecular weight excluding hydrogens is 224 g/mol. The largest absolute Gasteiger partial charge is 0.326 e. The number of rotatable bonds is 3. The van der Waals surface area contributed by atoms with Crippen molar-refractivity contribution in [3.63, 3.8) is 0 Å². The minimum atomic E-state index is 0.119. The number of amides is 1. The van der Waals surface area contributed by atoms with Gasteiger partial charge in [0.1, 0.15) is 0 Å². The quantitative estimate of drug-likeness (QED) is 0.859. The number of carbonyl (C=O) groups is 1. The molecule has 0 radical (unpaired) electrons. The highest BCUT2D eigenvalue weighted by Gasteiger charge is 2.22. The van der Waals surface area contributed by atoms with Gasteiger partial charge in [-0.05, 0) is 36.0 Å². The average molecular weight is 244 g/mol. The zero-order valence-corrected chi connectivity index (χ0v) is 10.6. The molecule has 0 bridgehead atoms. The molecule has 0 saturated heterocycles. The smallest absolute Gasteiger partial charge is 0.224 e. The zero-order valence-electron chi connectivity index (χ0n) is 10.6. The molecule has 3 rings (SSSR count). The summed E-state index contributed by atoms with van der Waals surface area (Å²) in [6.45, 7) is 0. The second-order valence-electron chi connectivity index (χ2n) is 5.60. The van der Waals surface area contributed by atoms with Crippen molar-refractivity contribution >= 4 is 11.6 Å². The molecule has 2 aliphatic rings. The Balaban J connectivity index is 1.74. The third-order valence-corrected chi connectivity index (χ3v) is 4.26. The van der Waals surface area contributed by atoms with E-state index >= 15 is 0 Å². The van der Waals surface area contributed by atoms with Gasteiger partial charge in [-0.1, -0.05) is 31.4 Å². The summed E-state index contributed by atoms with van der Waals surface area (Å²) >= 11 is 0. The molecule has 3 heteroatoms. The number of benzene rings is 1. The Labute approximate surface area is 108 Å². The van der Waals surface area contributed by atoms with Crippen molar-refractivity contribution in [2.24, 2.45) is 11.7 Å². The fraction of sp³-hybridized carbons (Fsp3) is 0.533. The maximum absolute atomic E-state index is 11.3. The Hall–Kier alpha value is -1.35. The number of aryl methyl sites for hydroxylation is 1. The van der Waals surface area contributed by atoms with Crippen LogP contribution in [0.5, 0.6) is 0 Å². The first-order valence-electron chi connectivity index (χ1n) is 6.90. The molecule has 1 aliphatic carbocycles. The third-order valence-electron chi connectivity index (χ3n) is 4.26. The standard InChI is InChI=1S/C15H20N2O/c16-13(8-10-2-1-3-10)11-4-6-14-12(9-11)5-7-15(18)17-14/h4,6,9-10,13H,1-3,5,7-8,16H2,(H,17,18). The van der Waals surface area contributed by atoms with E-state index in [2.05, 4.69) is 17.4 Å². The summed E-state index contributed by atoms with van der Waals surface area (Å²) < 4.78 is 0. The number of nitrogens with two attached hydrogens (primary N) is 1. The highest BCUT2D eigenvalue weighted by atomic mass is 16.1. The van der Waals surface area contributed by atoms with E-state index in [4.69, 9.17) is 5.73 Å². The van der Waals surface area contributed by atoms with E-state index < -0.39 is 0 Å². The normalized spacial score (nSPS) is 20.8. The van der Waals surface area contributed by atoms with Crippen molar-refractivity contribution in [1.82, 2.24) is 0 Å². The molecule has 3 N–H and O–H groups in total. The zero-order chi connectivity index (χ0) is 12.5. The Morgan fingerprint density at radius 3 is 2.89 bits per heavy atom. The first kappa shape index (κ1) is 11.7. The molecule has 3 nitrogen and oxygen atoms in total. The van der Waals surface area contributed by atoms with Crippen LogP contribution < -0.4 is 11.1 Å². The van der Waals surface area contributed by atoms with E-state index in [1.54, 1.807) is 0 Å². The van der Waals surface area contributed by atoms with Gasteiger partial charge in [-0.25, -0.2) is 0 Å². The van der Waals surface area contributed by atoms with Gasteiger partial charge >= 0.3 is 0 Å². The van der Waals surface area contributed by atoms with Crippen molar-refractivity contribution in [3.8, 4) is 0 Å². The first-order chi connectivity index (χ1) is 8.72. The number of nitrogens with one attached hydrogen (secondary N) is 1. The second-order valence-corrected chi connectivity index (χ2v) is 5.60. The Kier molecular flexibility index (Phi) is 3.08. The topological polar surface area (TPSA) is 55.1 Å². The fourth-order valence-corrected chi connectivity index (χ4v) is 2.86. The summed E-state index contributed by atoms with van der Waals surface area (Å²) in [5.74, 6) is 0.949. The first-order valence-corrected chi connectivity index (χ1v) is 6.90. The van der Waals surface area contributed by atoms with Crippen LogP contribution >= 0.6 is 0 Å². The molecule has 96 valence electrons. The molecule has 1 aromatic carbocycles. The van der Waals surface area contributed by atoms with Crippen LogP contribution in [0.15, 0.2) is 18.2 Å². The lowest BCUT2D eigenvalue weighted by Crippen LogP contribution is -2.22. The predicted molar refractivity (Wildman–Crippen MR) is 72.3 cm³/mol. The summed E-state index contributed by atoms with van der Waals surface area (Å²) in [7, 11) is 0. The second kappa shape index (κ2) is 4.73. The molecular formula is C15H20N2O. The van der Waals surface area contributed by atoms with Crippen LogP contribution in [0.1, 0.15) is 49.3 Å². The van der Waals surface area contributed by atoms with E-state index in [-0.39, 0.29) is 11.9 Å². The molecule has 1 atom stereocenters. The van der Waals surface area contributed by atoms with Gasteiger partial charge in [0.05, 0.1) is 0 Å². The lowest BCUT2D eigenvalue weighted by Gasteiger charge is -2.28. The van der Waals surface area contributed by atoms with Crippen LogP contribution in [0.2, 0.25) is 0 Å². The summed E-state index contributed by atoms with van der Waals surface area (Å²) in [6, 6.07) is 6.40. The predicted octanol–water partition coefficient (Wildman–Crippen LogP) is 2.76. The van der Waals surface area contributed by atoms with Gasteiger partial charge in [0, 0.05) is 18.2 Å². The van der Waals surface area contributed by atoms with E-state index in [1.807, 2.05) is 6.07 Å². The van der Waals surface area contributed by atoms with Crippen LogP contribution in [0.3, 0.4) is 0 Å². The lowest BCUT2D eigenvalue weighted by molar-refractivity contribution is -0.116. The van der Waals surface area contributed by atoms with Crippen LogP contribution in [0.25, 0.3) is 0 Å². The van der Waals surface area contributed by atoms with Gasteiger partial charge in [-0.2, -0.15) is 0 Å². The maximum Gasteiger partial charge on any atom is 0.224 e. The minimum Gasteiger partial charge on any atom is -0.326 e. The summed E-state index contributed by atoms with van der Waals surface area (Å²) in [6.07, 6.45) is 6.58. The van der Waals surface area contributed by atoms with Gasteiger partial charge in [-0.15, -0.1) is 0 Å². The van der Waals surface area contributed by atoms with E-state index in [1.165, 1.54) is 30.4 Å². The van der Waals surface area contributed by atoms with Crippen molar-refractivity contribution < 1.29 is 4.79 Å². The van der Waals surface area contributed by atoms with E-state index in [9.17, 15) is 4.79 Å². The molecule has 0 spiro atoms. The Morgan fingerprint density at radius 1 is 1.33 bits per heavy atom. The van der Waals surface area contributed by atoms with Gasteiger partial charge < -0.3 is 11.1 Å². The Morgan fingerprint density at radius 2 is 2.17 bits per heavy atom. The molecule has 1 saturated carbocycles. The maximum atomic E-state index is 11.3. The molecule has 1 aliphatic heterocycles. The third kappa shape index (κ3) is 2.27. The Bertz CT molecular complexity index is 466. The van der Waals surface area contributed by atoms with E-state index in [0.717, 1.165) is 24.4 Å². The molecule has 1 heterocycles.